The van der Waals surface area contributed by atoms with Crippen molar-refractivity contribution < 1.29 is 52.1 Å². The Hall–Kier alpha value is -0.286. The fraction of sp³-hybridized carbons (Fsp3) is 0.250. The number of ether oxygens (including phenoxy) is 1. The maximum absolute atomic E-state index is 10.1. The average molecular weight is 221 g/mol. The quantitative estimate of drug-likeness (QED) is 0.621. The smallest absolute Gasteiger partial charge is 0.380 e. The first-order valence-electron chi connectivity index (χ1n) is 2.07. The Morgan fingerprint density at radius 3 is 2.40 bits per heavy atom. The van der Waals surface area contributed by atoms with E-state index in [1.165, 1.54) is 0 Å². The van der Waals surface area contributed by atoms with Gasteiger partial charge in [0.25, 0.3) is 0 Å². The van der Waals surface area contributed by atoms with Crippen LogP contribution in [0.4, 0.5) is 4.79 Å². The third-order valence-electron chi connectivity index (χ3n) is 0.499. The summed E-state index contributed by atoms with van der Waals surface area (Å²) in [7, 11) is 1.14. The predicted molar refractivity (Wildman–Crippen MR) is 27.5 cm³/mol. The largest absolute Gasteiger partial charge is 0.502 e. The second-order valence-electron chi connectivity index (χ2n) is 1.12. The molecule has 0 unspecified atom stereocenters. The van der Waals surface area contributed by atoms with Crippen LogP contribution in [-0.2, 0) is 42.2 Å². The summed E-state index contributed by atoms with van der Waals surface area (Å²) >= 11 is 0. The minimum absolute atomic E-state index is 0. The molecule has 10 heavy (non-hydrogen) atoms. The Balaban J connectivity index is 0. The van der Waals surface area contributed by atoms with Crippen LogP contribution in [0.1, 0.15) is 0 Å². The minimum Gasteiger partial charge on any atom is -0.502 e. The first-order valence-corrected chi connectivity index (χ1v) is 2.07. The number of nitrogens with one attached hydrogen (secondary N) is 1. The molecule has 0 spiro atoms. The van der Waals surface area contributed by atoms with Gasteiger partial charge in [0.15, 0.2) is 5.97 Å². The molecular weight excluding hydrogens is 215 g/mol. The van der Waals surface area contributed by atoms with Crippen molar-refractivity contribution in [1.82, 2.24) is 5.32 Å². The third-order valence-corrected chi connectivity index (χ3v) is 0.499. The molecule has 1 radical (unpaired) electrons. The summed E-state index contributed by atoms with van der Waals surface area (Å²) in [5.74, 6) is -1.22. The number of hydrogen-bond acceptors (Lipinski definition) is 3. The van der Waals surface area contributed by atoms with Gasteiger partial charge in [0, 0.05) is 32.7 Å². The van der Waals surface area contributed by atoms with E-state index >= 15 is 0 Å². The summed E-state index contributed by atoms with van der Waals surface area (Å²) < 4.78 is 4.06. The van der Waals surface area contributed by atoms with Crippen LogP contribution >= 0.6 is 0 Å². The molecule has 0 aliphatic rings. The van der Waals surface area contributed by atoms with Crippen molar-refractivity contribution in [2.24, 2.45) is 0 Å². The molecular formula is C4H6NO4Y-. The minimum atomic E-state index is -1.22. The van der Waals surface area contributed by atoms with E-state index in [0.717, 1.165) is 7.11 Å². The summed E-state index contributed by atoms with van der Waals surface area (Å²) in [5.41, 5.74) is 0. The molecule has 0 atom stereocenters. The molecule has 0 bridgehead atoms. The maximum Gasteiger partial charge on any atom is 0.380 e. The van der Waals surface area contributed by atoms with Crippen LogP contribution in [0.3, 0.4) is 0 Å². The van der Waals surface area contributed by atoms with Gasteiger partial charge < -0.3 is 15.2 Å². The molecule has 5 nitrogen and oxygen atoms in total. The Bertz CT molecular complexity index is 126. The molecule has 0 heterocycles. The van der Waals surface area contributed by atoms with Gasteiger partial charge in [0.05, 0.1) is 7.11 Å². The molecule has 0 aromatic rings. The standard InChI is InChI=1S/C4H6NO4.Y/c1-9-4(8)5-2-3(6)7;/h2H,1H3,(H,5,8)(H,6,7);/q-1;. The van der Waals surface area contributed by atoms with E-state index in [4.69, 9.17) is 5.11 Å². The molecule has 0 aliphatic carbocycles. The molecule has 0 aromatic heterocycles. The zero-order valence-corrected chi connectivity index (χ0v) is 8.16. The van der Waals surface area contributed by atoms with E-state index in [9.17, 15) is 9.59 Å². The van der Waals surface area contributed by atoms with Crippen LogP contribution < -0.4 is 5.32 Å². The number of hydrogen-bond donors (Lipinski definition) is 2. The van der Waals surface area contributed by atoms with E-state index in [-0.39, 0.29) is 32.7 Å². The number of carboxylic acids is 1. The van der Waals surface area contributed by atoms with Gasteiger partial charge in [-0.2, -0.15) is 6.54 Å². The number of carbonyl (C=O) groups excluding carboxylic acids is 1. The monoisotopic (exact) mass is 221 g/mol. The third kappa shape index (κ3) is 7.71. The van der Waals surface area contributed by atoms with Gasteiger partial charge in [0.1, 0.15) is 0 Å². The van der Waals surface area contributed by atoms with Crippen molar-refractivity contribution in [1.29, 1.82) is 0 Å². The molecule has 0 saturated heterocycles. The molecule has 6 heteroatoms. The first kappa shape index (κ1) is 12.4. The van der Waals surface area contributed by atoms with Crippen molar-refractivity contribution in [2.45, 2.75) is 0 Å². The number of rotatable bonds is 2. The molecule has 0 saturated carbocycles. The van der Waals surface area contributed by atoms with Crippen LogP contribution in [0, 0.1) is 6.54 Å². The zero-order chi connectivity index (χ0) is 7.28. The van der Waals surface area contributed by atoms with Crippen LogP contribution in [0.15, 0.2) is 0 Å². The normalized spacial score (nSPS) is 6.90. The SMILES string of the molecule is COC(=O)N[CH-]C(=O)O.[Y]. The van der Waals surface area contributed by atoms with Crippen molar-refractivity contribution in [2.75, 3.05) is 7.11 Å². The summed E-state index contributed by atoms with van der Waals surface area (Å²) in [4.78, 5) is 19.8. The van der Waals surface area contributed by atoms with Gasteiger partial charge in [-0.05, 0) is 0 Å². The van der Waals surface area contributed by atoms with Gasteiger partial charge in [-0.15, -0.1) is 0 Å². The average Bonchev–Trinajstić information content (AvgIpc) is 1.83. The number of alkyl carbamates (subject to hydrolysis) is 1. The van der Waals surface area contributed by atoms with Gasteiger partial charge in [-0.1, -0.05) is 0 Å². The summed E-state index contributed by atoms with van der Waals surface area (Å²) in [5, 5.41) is 9.78. The van der Waals surface area contributed by atoms with Crippen LogP contribution in [-0.4, -0.2) is 24.3 Å². The fourth-order valence-electron chi connectivity index (χ4n) is 0.180. The Labute approximate surface area is 83.0 Å². The maximum atomic E-state index is 10.1. The van der Waals surface area contributed by atoms with Crippen LogP contribution in [0.25, 0.3) is 0 Å². The predicted octanol–water partition coefficient (Wildman–Crippen LogP) is -0.414. The number of carbonyl (C=O) groups is 2. The summed E-state index contributed by atoms with van der Waals surface area (Å²) in [6.07, 6.45) is -0.794. The molecule has 1 amide bonds. The van der Waals surface area contributed by atoms with Crippen molar-refractivity contribution >= 4 is 12.1 Å². The van der Waals surface area contributed by atoms with Gasteiger partial charge in [-0.3, -0.25) is 4.79 Å². The first-order chi connectivity index (χ1) is 4.16. The Morgan fingerprint density at radius 1 is 1.60 bits per heavy atom. The van der Waals surface area contributed by atoms with E-state index in [1.54, 1.807) is 0 Å². The number of carboxylic acid groups (broad SMARTS) is 1. The van der Waals surface area contributed by atoms with E-state index in [1.807, 2.05) is 5.32 Å². The molecule has 0 rings (SSSR count). The summed E-state index contributed by atoms with van der Waals surface area (Å²) in [6.45, 7) is 0.589. The molecule has 0 aromatic carbocycles. The topological polar surface area (TPSA) is 75.6 Å². The Morgan fingerprint density at radius 2 is 2.10 bits per heavy atom. The van der Waals surface area contributed by atoms with Crippen molar-refractivity contribution in [3.05, 3.63) is 6.54 Å². The van der Waals surface area contributed by atoms with Gasteiger partial charge >= 0.3 is 6.09 Å². The van der Waals surface area contributed by atoms with E-state index in [2.05, 4.69) is 4.74 Å². The van der Waals surface area contributed by atoms with Crippen molar-refractivity contribution in [3.8, 4) is 0 Å². The van der Waals surface area contributed by atoms with Crippen LogP contribution in [0.5, 0.6) is 0 Å². The summed E-state index contributed by atoms with van der Waals surface area (Å²) in [6, 6.07) is 0. The van der Waals surface area contributed by atoms with Crippen molar-refractivity contribution in [3.63, 3.8) is 0 Å². The Kier molecular flexibility index (Phi) is 8.46. The number of aliphatic carboxylic acids is 1. The molecule has 55 valence electrons. The van der Waals surface area contributed by atoms with Gasteiger partial charge in [-0.25, -0.2) is 4.79 Å². The molecule has 0 fully saturated rings. The second kappa shape index (κ2) is 6.83. The molecule has 0 aliphatic heterocycles. The van der Waals surface area contributed by atoms with E-state index < -0.39 is 12.1 Å². The fourth-order valence-corrected chi connectivity index (χ4v) is 0.180. The second-order valence-corrected chi connectivity index (χ2v) is 1.12. The van der Waals surface area contributed by atoms with Crippen LogP contribution in [0.2, 0.25) is 0 Å². The van der Waals surface area contributed by atoms with E-state index in [0.29, 0.717) is 6.54 Å². The number of methoxy groups -OCH3 is 1. The molecule has 2 N–H and O–H groups in total. The van der Waals surface area contributed by atoms with Gasteiger partial charge in [0.2, 0.25) is 0 Å². The zero-order valence-electron chi connectivity index (χ0n) is 5.33. The number of amides is 1.